The van der Waals surface area contributed by atoms with Crippen molar-refractivity contribution in [1.82, 2.24) is 0 Å². The first-order chi connectivity index (χ1) is 7.04. The number of carbonyl (C=O) groups is 2. The van der Waals surface area contributed by atoms with Crippen molar-refractivity contribution >= 4 is 11.9 Å². The van der Waals surface area contributed by atoms with Crippen molar-refractivity contribution in [3.63, 3.8) is 0 Å². The average molecular weight is 207 g/mol. The van der Waals surface area contributed by atoms with E-state index in [1.54, 1.807) is 0 Å². The Labute approximate surface area is 83.9 Å². The Hall–Kier alpha value is -2.55. The Morgan fingerprint density at radius 2 is 1.60 bits per heavy atom. The molecule has 1 aromatic carbocycles. The number of nitrogens with zero attached hydrogens (tertiary/aromatic N) is 1. The molecule has 0 bridgehead atoms. The quantitative estimate of drug-likeness (QED) is 0.714. The third-order valence-electron chi connectivity index (χ3n) is 1.56. The van der Waals surface area contributed by atoms with Gasteiger partial charge in [-0.3, -0.25) is 0 Å². The van der Waals surface area contributed by atoms with E-state index in [-0.39, 0.29) is 16.9 Å². The molecule has 0 atom stereocenters. The van der Waals surface area contributed by atoms with Crippen molar-refractivity contribution < 1.29 is 24.5 Å². The van der Waals surface area contributed by atoms with Gasteiger partial charge in [-0.25, -0.2) is 9.59 Å². The molecule has 0 amide bonds. The molecule has 0 aliphatic heterocycles. The van der Waals surface area contributed by atoms with Crippen molar-refractivity contribution in [3.8, 4) is 12.0 Å². The second kappa shape index (κ2) is 4.11. The molecule has 0 unspecified atom stereocenters. The molecule has 1 aromatic rings. The second-order valence-corrected chi connectivity index (χ2v) is 2.55. The fraction of sp³-hybridized carbons (Fsp3) is 0. The first-order valence-electron chi connectivity index (χ1n) is 3.72. The van der Waals surface area contributed by atoms with Crippen LogP contribution in [0.1, 0.15) is 20.7 Å². The highest BCUT2D eigenvalue weighted by molar-refractivity contribution is 5.94. The van der Waals surface area contributed by atoms with Crippen LogP contribution in [0.3, 0.4) is 0 Å². The molecule has 0 saturated carbocycles. The molecule has 15 heavy (non-hydrogen) atoms. The van der Waals surface area contributed by atoms with Crippen LogP contribution in [-0.4, -0.2) is 22.2 Å². The van der Waals surface area contributed by atoms with Gasteiger partial charge < -0.3 is 14.9 Å². The molecular formula is C9H5NO5. The molecule has 2 N–H and O–H groups in total. The largest absolute Gasteiger partial charge is 0.478 e. The summed E-state index contributed by atoms with van der Waals surface area (Å²) in [5.74, 6) is -2.70. The van der Waals surface area contributed by atoms with E-state index in [0.717, 1.165) is 18.2 Å². The summed E-state index contributed by atoms with van der Waals surface area (Å²) in [6, 6.07) is 3.12. The molecule has 76 valence electrons. The normalized spacial score (nSPS) is 9.00. The van der Waals surface area contributed by atoms with Gasteiger partial charge in [0.1, 0.15) is 5.75 Å². The van der Waals surface area contributed by atoms with Gasteiger partial charge in [0.25, 0.3) is 6.26 Å². The van der Waals surface area contributed by atoms with Crippen molar-refractivity contribution in [2.24, 2.45) is 0 Å². The number of benzene rings is 1. The van der Waals surface area contributed by atoms with E-state index in [2.05, 4.69) is 4.74 Å². The summed E-state index contributed by atoms with van der Waals surface area (Å²) in [5, 5.41) is 25.5. The van der Waals surface area contributed by atoms with E-state index < -0.39 is 11.9 Å². The van der Waals surface area contributed by atoms with E-state index in [1.807, 2.05) is 0 Å². The second-order valence-electron chi connectivity index (χ2n) is 2.55. The number of carboxylic acids is 2. The van der Waals surface area contributed by atoms with E-state index in [1.165, 1.54) is 6.26 Å². The maximum Gasteiger partial charge on any atom is 0.335 e. The lowest BCUT2D eigenvalue weighted by Crippen LogP contribution is -2.03. The first-order valence-corrected chi connectivity index (χ1v) is 3.72. The lowest BCUT2D eigenvalue weighted by molar-refractivity contribution is 0.0696. The minimum Gasteiger partial charge on any atom is -0.478 e. The van der Waals surface area contributed by atoms with Crippen molar-refractivity contribution in [1.29, 1.82) is 5.26 Å². The number of hydrogen-bond acceptors (Lipinski definition) is 4. The fourth-order valence-corrected chi connectivity index (χ4v) is 0.958. The maximum absolute atomic E-state index is 10.6. The van der Waals surface area contributed by atoms with Crippen LogP contribution in [0.2, 0.25) is 0 Å². The first kappa shape index (κ1) is 10.5. The summed E-state index contributed by atoms with van der Waals surface area (Å²) in [6.45, 7) is 0. The molecule has 1 rings (SSSR count). The zero-order chi connectivity index (χ0) is 11.4. The summed E-state index contributed by atoms with van der Waals surface area (Å²) in [6.07, 6.45) is 1.33. The predicted molar refractivity (Wildman–Crippen MR) is 46.6 cm³/mol. The van der Waals surface area contributed by atoms with Crippen LogP contribution >= 0.6 is 0 Å². The van der Waals surface area contributed by atoms with Crippen LogP contribution < -0.4 is 4.74 Å². The number of nitriles is 1. The highest BCUT2D eigenvalue weighted by Gasteiger charge is 2.11. The summed E-state index contributed by atoms with van der Waals surface area (Å²) >= 11 is 0. The monoisotopic (exact) mass is 207 g/mol. The Kier molecular flexibility index (Phi) is 2.88. The molecule has 0 heterocycles. The predicted octanol–water partition coefficient (Wildman–Crippen LogP) is 0.943. The molecule has 0 aromatic heterocycles. The maximum atomic E-state index is 10.6. The number of carboxylic acid groups (broad SMARTS) is 2. The van der Waals surface area contributed by atoms with Gasteiger partial charge in [0.05, 0.1) is 11.1 Å². The summed E-state index contributed by atoms with van der Waals surface area (Å²) < 4.78 is 4.37. The Morgan fingerprint density at radius 1 is 1.13 bits per heavy atom. The topological polar surface area (TPSA) is 108 Å². The fourth-order valence-electron chi connectivity index (χ4n) is 0.958. The molecule has 0 saturated heterocycles. The molecule has 0 aliphatic carbocycles. The zero-order valence-corrected chi connectivity index (χ0v) is 7.30. The molecule has 6 nitrogen and oxygen atoms in total. The van der Waals surface area contributed by atoms with Crippen LogP contribution in [-0.2, 0) is 0 Å². The SMILES string of the molecule is N#COc1cc(C(=O)O)cc(C(=O)O)c1. The van der Waals surface area contributed by atoms with Crippen LogP contribution in [0.4, 0.5) is 0 Å². The Morgan fingerprint density at radius 3 is 1.93 bits per heavy atom. The number of rotatable bonds is 3. The molecule has 0 aliphatic rings. The van der Waals surface area contributed by atoms with Gasteiger partial charge in [-0.1, -0.05) is 0 Å². The lowest BCUT2D eigenvalue weighted by atomic mass is 10.1. The van der Waals surface area contributed by atoms with Crippen LogP contribution in [0.5, 0.6) is 5.75 Å². The summed E-state index contributed by atoms with van der Waals surface area (Å²) in [5.41, 5.74) is -0.500. The third-order valence-corrected chi connectivity index (χ3v) is 1.56. The van der Waals surface area contributed by atoms with Gasteiger partial charge in [-0.2, -0.15) is 0 Å². The molecule has 0 fully saturated rings. The van der Waals surface area contributed by atoms with E-state index in [0.29, 0.717) is 0 Å². The lowest BCUT2D eigenvalue weighted by Gasteiger charge is -2.01. The third kappa shape index (κ3) is 2.45. The van der Waals surface area contributed by atoms with Gasteiger partial charge >= 0.3 is 11.9 Å². The van der Waals surface area contributed by atoms with Gasteiger partial charge in [-0.15, -0.1) is 5.26 Å². The van der Waals surface area contributed by atoms with Crippen LogP contribution in [0, 0.1) is 11.5 Å². The smallest absolute Gasteiger partial charge is 0.335 e. The van der Waals surface area contributed by atoms with Crippen molar-refractivity contribution in [2.45, 2.75) is 0 Å². The van der Waals surface area contributed by atoms with Crippen LogP contribution in [0.25, 0.3) is 0 Å². The summed E-state index contributed by atoms with van der Waals surface area (Å²) in [4.78, 5) is 21.2. The molecular weight excluding hydrogens is 202 g/mol. The number of aromatic carboxylic acids is 2. The Balaban J connectivity index is 3.27. The highest BCUT2D eigenvalue weighted by Crippen LogP contribution is 2.17. The van der Waals surface area contributed by atoms with Gasteiger partial charge in [0.2, 0.25) is 0 Å². The average Bonchev–Trinajstić information content (AvgIpc) is 2.17. The van der Waals surface area contributed by atoms with Gasteiger partial charge in [0.15, 0.2) is 0 Å². The van der Waals surface area contributed by atoms with Crippen molar-refractivity contribution in [2.75, 3.05) is 0 Å². The standard InChI is InChI=1S/C9H5NO5/c10-4-15-7-2-5(8(11)12)1-6(3-7)9(13)14/h1-3H,(H,11,12)(H,13,14). The van der Waals surface area contributed by atoms with E-state index >= 15 is 0 Å². The number of hydrogen-bond donors (Lipinski definition) is 2. The van der Waals surface area contributed by atoms with Gasteiger partial charge in [0, 0.05) is 0 Å². The van der Waals surface area contributed by atoms with Crippen LogP contribution in [0.15, 0.2) is 18.2 Å². The van der Waals surface area contributed by atoms with E-state index in [4.69, 9.17) is 15.5 Å². The van der Waals surface area contributed by atoms with E-state index in [9.17, 15) is 9.59 Å². The highest BCUT2D eigenvalue weighted by atomic mass is 16.5. The summed E-state index contributed by atoms with van der Waals surface area (Å²) in [7, 11) is 0. The minimum atomic E-state index is -1.29. The zero-order valence-electron chi connectivity index (χ0n) is 7.30. The molecule has 0 radical (unpaired) electrons. The molecule has 6 heteroatoms. The Bertz CT molecular complexity index is 428. The number of ether oxygens (including phenoxy) is 1. The molecule has 0 spiro atoms. The minimum absolute atomic E-state index is 0.116. The van der Waals surface area contributed by atoms with Crippen molar-refractivity contribution in [3.05, 3.63) is 29.3 Å². The van der Waals surface area contributed by atoms with Gasteiger partial charge in [-0.05, 0) is 18.2 Å².